The summed E-state index contributed by atoms with van der Waals surface area (Å²) in [7, 11) is 1.76. The molecule has 1 nitrogen and oxygen atoms in total. The largest absolute Gasteiger partial charge is 0.504 e. The Kier molecular flexibility index (Phi) is 3.15. The molecule has 0 radical (unpaired) electrons. The SMILES string of the molecule is COC=C1CCC2(CCCCC2)CC1. The lowest BCUT2D eigenvalue weighted by atomic mass is 9.65. The second kappa shape index (κ2) is 4.37. The molecular formula is C13H22O. The Labute approximate surface area is 87.5 Å². The zero-order valence-corrected chi connectivity index (χ0v) is 9.35. The molecule has 0 bridgehead atoms. The predicted molar refractivity (Wildman–Crippen MR) is 59.1 cm³/mol. The van der Waals surface area contributed by atoms with Crippen molar-refractivity contribution >= 4 is 0 Å². The van der Waals surface area contributed by atoms with Gasteiger partial charge in [-0.3, -0.25) is 0 Å². The fourth-order valence-corrected chi connectivity index (χ4v) is 3.19. The summed E-state index contributed by atoms with van der Waals surface area (Å²) in [5.74, 6) is 0. The smallest absolute Gasteiger partial charge is 0.0816 e. The molecule has 2 fully saturated rings. The molecule has 2 saturated carbocycles. The molecule has 0 unspecified atom stereocenters. The van der Waals surface area contributed by atoms with Crippen LogP contribution in [0.3, 0.4) is 0 Å². The summed E-state index contributed by atoms with van der Waals surface area (Å²) in [5, 5.41) is 0. The van der Waals surface area contributed by atoms with E-state index in [1.165, 1.54) is 63.4 Å². The molecule has 0 atom stereocenters. The van der Waals surface area contributed by atoms with Crippen molar-refractivity contribution in [2.75, 3.05) is 7.11 Å². The highest BCUT2D eigenvalue weighted by molar-refractivity contribution is 5.05. The van der Waals surface area contributed by atoms with Gasteiger partial charge in [0, 0.05) is 0 Å². The number of allylic oxidation sites excluding steroid dienone is 1. The van der Waals surface area contributed by atoms with Gasteiger partial charge < -0.3 is 4.74 Å². The fourth-order valence-electron chi connectivity index (χ4n) is 3.19. The molecule has 2 rings (SSSR count). The van der Waals surface area contributed by atoms with Crippen LogP contribution in [0.2, 0.25) is 0 Å². The van der Waals surface area contributed by atoms with E-state index >= 15 is 0 Å². The minimum absolute atomic E-state index is 0.739. The van der Waals surface area contributed by atoms with E-state index in [0.29, 0.717) is 0 Å². The Morgan fingerprint density at radius 3 is 2.21 bits per heavy atom. The van der Waals surface area contributed by atoms with E-state index < -0.39 is 0 Å². The van der Waals surface area contributed by atoms with Gasteiger partial charge in [-0.1, -0.05) is 19.3 Å². The molecule has 0 aromatic rings. The Bertz CT molecular complexity index is 199. The number of ether oxygens (including phenoxy) is 1. The van der Waals surface area contributed by atoms with Crippen molar-refractivity contribution in [3.05, 3.63) is 11.8 Å². The van der Waals surface area contributed by atoms with Gasteiger partial charge in [-0.25, -0.2) is 0 Å². The van der Waals surface area contributed by atoms with Gasteiger partial charge in [0.15, 0.2) is 0 Å². The van der Waals surface area contributed by atoms with E-state index in [2.05, 4.69) is 0 Å². The monoisotopic (exact) mass is 194 g/mol. The van der Waals surface area contributed by atoms with E-state index in [1.807, 2.05) is 6.26 Å². The van der Waals surface area contributed by atoms with Crippen molar-refractivity contribution in [2.45, 2.75) is 57.8 Å². The minimum Gasteiger partial charge on any atom is -0.504 e. The van der Waals surface area contributed by atoms with Crippen molar-refractivity contribution in [3.8, 4) is 0 Å². The van der Waals surface area contributed by atoms with Crippen molar-refractivity contribution in [3.63, 3.8) is 0 Å². The normalized spacial score (nSPS) is 26.2. The van der Waals surface area contributed by atoms with Crippen LogP contribution in [0, 0.1) is 5.41 Å². The van der Waals surface area contributed by atoms with Gasteiger partial charge in [0.05, 0.1) is 13.4 Å². The van der Waals surface area contributed by atoms with Crippen LogP contribution in [0.25, 0.3) is 0 Å². The van der Waals surface area contributed by atoms with Crippen molar-refractivity contribution < 1.29 is 4.74 Å². The molecule has 80 valence electrons. The Hall–Kier alpha value is -0.460. The van der Waals surface area contributed by atoms with Crippen molar-refractivity contribution in [1.82, 2.24) is 0 Å². The summed E-state index contributed by atoms with van der Waals surface area (Å²) in [6.45, 7) is 0. The maximum absolute atomic E-state index is 5.10. The summed E-state index contributed by atoms with van der Waals surface area (Å²) < 4.78 is 5.10. The number of hydrogen-bond donors (Lipinski definition) is 0. The van der Waals surface area contributed by atoms with Gasteiger partial charge in [-0.2, -0.15) is 0 Å². The average Bonchev–Trinajstić information content (AvgIpc) is 2.24. The first kappa shape index (κ1) is 10.1. The Morgan fingerprint density at radius 1 is 1.00 bits per heavy atom. The van der Waals surface area contributed by atoms with Crippen LogP contribution in [0.5, 0.6) is 0 Å². The van der Waals surface area contributed by atoms with E-state index in [-0.39, 0.29) is 0 Å². The van der Waals surface area contributed by atoms with Gasteiger partial charge in [0.25, 0.3) is 0 Å². The van der Waals surface area contributed by atoms with Gasteiger partial charge >= 0.3 is 0 Å². The summed E-state index contributed by atoms with van der Waals surface area (Å²) in [4.78, 5) is 0. The molecule has 0 aromatic heterocycles. The zero-order chi connectivity index (χ0) is 9.86. The summed E-state index contributed by atoms with van der Waals surface area (Å²) in [6, 6.07) is 0. The first-order valence-electron chi connectivity index (χ1n) is 6.05. The molecule has 2 aliphatic carbocycles. The van der Waals surface area contributed by atoms with E-state index in [4.69, 9.17) is 4.74 Å². The van der Waals surface area contributed by atoms with Crippen LogP contribution in [0.4, 0.5) is 0 Å². The fraction of sp³-hybridized carbons (Fsp3) is 0.846. The predicted octanol–water partition coefficient (Wildman–Crippen LogP) is 4.04. The average molecular weight is 194 g/mol. The quantitative estimate of drug-likeness (QED) is 0.572. The highest BCUT2D eigenvalue weighted by Gasteiger charge is 2.34. The molecule has 0 aromatic carbocycles. The number of methoxy groups -OCH3 is 1. The molecular weight excluding hydrogens is 172 g/mol. The van der Waals surface area contributed by atoms with Crippen LogP contribution >= 0.6 is 0 Å². The molecule has 1 heteroatoms. The highest BCUT2D eigenvalue weighted by Crippen LogP contribution is 2.48. The van der Waals surface area contributed by atoms with Crippen LogP contribution in [-0.4, -0.2) is 7.11 Å². The molecule has 14 heavy (non-hydrogen) atoms. The van der Waals surface area contributed by atoms with Crippen LogP contribution < -0.4 is 0 Å². The molecule has 1 spiro atoms. The number of hydrogen-bond acceptors (Lipinski definition) is 1. The number of rotatable bonds is 1. The second-order valence-corrected chi connectivity index (χ2v) is 5.07. The third-order valence-electron chi connectivity index (χ3n) is 4.15. The van der Waals surface area contributed by atoms with E-state index in [0.717, 1.165) is 5.41 Å². The Morgan fingerprint density at radius 2 is 1.64 bits per heavy atom. The van der Waals surface area contributed by atoms with E-state index in [9.17, 15) is 0 Å². The molecule has 0 saturated heterocycles. The van der Waals surface area contributed by atoms with Gasteiger partial charge in [-0.05, 0) is 49.5 Å². The van der Waals surface area contributed by atoms with Gasteiger partial charge in [0.1, 0.15) is 0 Å². The first-order chi connectivity index (χ1) is 6.85. The van der Waals surface area contributed by atoms with E-state index in [1.54, 1.807) is 7.11 Å². The molecule has 2 aliphatic rings. The van der Waals surface area contributed by atoms with Crippen molar-refractivity contribution in [1.29, 1.82) is 0 Å². The second-order valence-electron chi connectivity index (χ2n) is 5.07. The maximum Gasteiger partial charge on any atom is 0.0816 e. The third-order valence-corrected chi connectivity index (χ3v) is 4.15. The lowest BCUT2D eigenvalue weighted by Crippen LogP contribution is -2.27. The summed E-state index contributed by atoms with van der Waals surface area (Å²) in [6.07, 6.45) is 14.8. The standard InChI is InChI=1S/C13H22O/c1-14-11-12-5-9-13(10-6-12)7-3-2-4-8-13/h11H,2-10H2,1H3. The Balaban J connectivity index is 1.90. The van der Waals surface area contributed by atoms with Crippen LogP contribution in [0.15, 0.2) is 11.8 Å². The first-order valence-corrected chi connectivity index (χ1v) is 6.05. The summed E-state index contributed by atoms with van der Waals surface area (Å²) in [5.41, 5.74) is 2.27. The lowest BCUT2D eigenvalue weighted by Gasteiger charge is -2.41. The zero-order valence-electron chi connectivity index (χ0n) is 9.35. The van der Waals surface area contributed by atoms with Crippen molar-refractivity contribution in [2.24, 2.45) is 5.41 Å². The lowest BCUT2D eigenvalue weighted by molar-refractivity contribution is 0.139. The van der Waals surface area contributed by atoms with Crippen LogP contribution in [0.1, 0.15) is 57.8 Å². The molecule has 0 aliphatic heterocycles. The van der Waals surface area contributed by atoms with Crippen LogP contribution in [-0.2, 0) is 4.74 Å². The summed E-state index contributed by atoms with van der Waals surface area (Å²) >= 11 is 0. The molecule has 0 heterocycles. The van der Waals surface area contributed by atoms with Gasteiger partial charge in [0.2, 0.25) is 0 Å². The highest BCUT2D eigenvalue weighted by atomic mass is 16.5. The van der Waals surface area contributed by atoms with Gasteiger partial charge in [-0.15, -0.1) is 0 Å². The molecule has 0 amide bonds. The maximum atomic E-state index is 5.10. The third kappa shape index (κ3) is 2.13. The minimum atomic E-state index is 0.739. The molecule has 0 N–H and O–H groups in total. The topological polar surface area (TPSA) is 9.23 Å².